The number of hydrogen-bond acceptors (Lipinski definition) is 8. The predicted molar refractivity (Wildman–Crippen MR) is 165 cm³/mol. The van der Waals surface area contributed by atoms with Gasteiger partial charge in [0.05, 0.1) is 25.0 Å². The number of imidazole rings is 1. The van der Waals surface area contributed by atoms with Crippen molar-refractivity contribution in [2.75, 3.05) is 12.4 Å². The molecule has 0 fully saturated rings. The number of ether oxygens (including phenoxy) is 1. The highest BCUT2D eigenvalue weighted by molar-refractivity contribution is 6.32. The molecule has 226 valence electrons. The molecule has 3 aromatic heterocycles. The minimum Gasteiger partial charge on any atom is -0.453 e. The second-order valence-corrected chi connectivity index (χ2v) is 10.5. The first kappa shape index (κ1) is 30.4. The lowest BCUT2D eigenvalue weighted by Gasteiger charge is -2.15. The zero-order chi connectivity index (χ0) is 31.1. The fraction of sp³-hybridized carbons (Fsp3) is 0.207. The lowest BCUT2D eigenvalue weighted by molar-refractivity contribution is -0.117. The van der Waals surface area contributed by atoms with Crippen molar-refractivity contribution in [1.82, 2.24) is 45.3 Å². The summed E-state index contributed by atoms with van der Waals surface area (Å²) >= 11 is 12.8. The number of aromatic amines is 1. The third kappa shape index (κ3) is 7.49. The summed E-state index contributed by atoms with van der Waals surface area (Å²) in [5.74, 6) is 0.0924. The van der Waals surface area contributed by atoms with Gasteiger partial charge >= 0.3 is 6.09 Å². The molecular formula is C29H28Cl2N10O3. The molecule has 0 radical (unpaired) electrons. The minimum absolute atomic E-state index is 0.301. The van der Waals surface area contributed by atoms with E-state index in [9.17, 15) is 9.59 Å². The van der Waals surface area contributed by atoms with Crippen molar-refractivity contribution in [2.24, 2.45) is 0 Å². The molecule has 0 aliphatic heterocycles. The SMILES string of the molecule is CCCn1cc(CC(NC(=O)C=Cc2cc(Cl)ccc2-n2cnnn2)c2nc(-c3ccc(NC(=O)OC)cc3)c(Cl)[nH]2)cn1. The van der Waals surface area contributed by atoms with E-state index in [1.807, 2.05) is 10.9 Å². The molecule has 0 aliphatic rings. The van der Waals surface area contributed by atoms with Gasteiger partial charge in [-0.1, -0.05) is 42.3 Å². The van der Waals surface area contributed by atoms with E-state index in [1.165, 1.54) is 24.2 Å². The van der Waals surface area contributed by atoms with Crippen LogP contribution in [0, 0.1) is 0 Å². The highest BCUT2D eigenvalue weighted by atomic mass is 35.5. The Kier molecular flexibility index (Phi) is 9.67. The maximum atomic E-state index is 13.3. The molecule has 0 aliphatic carbocycles. The zero-order valence-corrected chi connectivity index (χ0v) is 25.2. The Bertz CT molecular complexity index is 1760. The van der Waals surface area contributed by atoms with Gasteiger partial charge in [0, 0.05) is 47.1 Å². The van der Waals surface area contributed by atoms with Crippen LogP contribution in [0.1, 0.15) is 36.3 Å². The van der Waals surface area contributed by atoms with Gasteiger partial charge in [0.15, 0.2) is 0 Å². The molecule has 0 spiro atoms. The van der Waals surface area contributed by atoms with Crippen molar-refractivity contribution in [3.63, 3.8) is 0 Å². The molecule has 0 saturated heterocycles. The summed E-state index contributed by atoms with van der Waals surface area (Å²) in [6, 6.07) is 11.6. The van der Waals surface area contributed by atoms with Gasteiger partial charge in [0.2, 0.25) is 5.91 Å². The van der Waals surface area contributed by atoms with Gasteiger partial charge < -0.3 is 15.0 Å². The molecule has 2 amide bonds. The highest BCUT2D eigenvalue weighted by Crippen LogP contribution is 2.29. The average Bonchev–Trinajstić information content (AvgIpc) is 3.79. The molecule has 44 heavy (non-hydrogen) atoms. The Labute approximate surface area is 262 Å². The quantitative estimate of drug-likeness (QED) is 0.166. The third-order valence-electron chi connectivity index (χ3n) is 6.49. The lowest BCUT2D eigenvalue weighted by atomic mass is 10.1. The summed E-state index contributed by atoms with van der Waals surface area (Å²) in [6.07, 6.45) is 8.99. The third-order valence-corrected chi connectivity index (χ3v) is 7.00. The topological polar surface area (TPSA) is 158 Å². The standard InChI is InChI=1S/C29H28Cl2N10O3/c1-3-12-40-16-18(15-33-40)13-23(28-36-26(27(31)37-28)19-4-8-22(9-5-19)34-29(43)44-2)35-25(42)11-6-20-14-21(30)7-10-24(20)41-17-32-38-39-41/h4-11,14-17,23H,3,12-13H2,1-2H3,(H,34,43)(H,35,42)(H,36,37). The van der Waals surface area contributed by atoms with Crippen LogP contribution >= 0.6 is 23.2 Å². The van der Waals surface area contributed by atoms with Gasteiger partial charge in [0.1, 0.15) is 23.0 Å². The van der Waals surface area contributed by atoms with Crippen molar-refractivity contribution in [2.45, 2.75) is 32.4 Å². The second kappa shape index (κ2) is 14.0. The van der Waals surface area contributed by atoms with E-state index < -0.39 is 12.1 Å². The largest absolute Gasteiger partial charge is 0.453 e. The van der Waals surface area contributed by atoms with Gasteiger partial charge in [-0.3, -0.25) is 14.8 Å². The Morgan fingerprint density at radius 2 is 1.98 bits per heavy atom. The Balaban J connectivity index is 1.40. The van der Waals surface area contributed by atoms with Gasteiger partial charge in [-0.25, -0.2) is 9.78 Å². The monoisotopic (exact) mass is 634 g/mol. The van der Waals surface area contributed by atoms with Gasteiger partial charge in [-0.05, 0) is 58.8 Å². The molecule has 1 unspecified atom stereocenters. The van der Waals surface area contributed by atoms with Crippen LogP contribution in [-0.4, -0.2) is 59.1 Å². The van der Waals surface area contributed by atoms with Crippen molar-refractivity contribution in [1.29, 1.82) is 0 Å². The van der Waals surface area contributed by atoms with Gasteiger partial charge in [-0.15, -0.1) is 5.10 Å². The summed E-state index contributed by atoms with van der Waals surface area (Å²) in [5, 5.41) is 22.1. The van der Waals surface area contributed by atoms with Crippen LogP contribution in [0.3, 0.4) is 0 Å². The molecule has 13 nitrogen and oxygen atoms in total. The summed E-state index contributed by atoms with van der Waals surface area (Å²) in [6.45, 7) is 2.85. The number of halogens is 2. The number of hydrogen-bond donors (Lipinski definition) is 3. The number of aromatic nitrogens is 8. The van der Waals surface area contributed by atoms with Crippen molar-refractivity contribution in [3.05, 3.63) is 94.4 Å². The van der Waals surface area contributed by atoms with E-state index in [-0.39, 0.29) is 5.91 Å². The minimum atomic E-state index is -0.574. The fourth-order valence-corrected chi connectivity index (χ4v) is 4.87. The smallest absolute Gasteiger partial charge is 0.411 e. The fourth-order valence-electron chi connectivity index (χ4n) is 4.45. The summed E-state index contributed by atoms with van der Waals surface area (Å²) in [7, 11) is 1.29. The summed E-state index contributed by atoms with van der Waals surface area (Å²) < 4.78 is 7.98. The summed E-state index contributed by atoms with van der Waals surface area (Å²) in [4.78, 5) is 32.7. The first-order valence-electron chi connectivity index (χ1n) is 13.6. The Morgan fingerprint density at radius 1 is 1.16 bits per heavy atom. The molecule has 5 rings (SSSR count). The second-order valence-electron chi connectivity index (χ2n) is 9.65. The van der Waals surface area contributed by atoms with Crippen LogP contribution in [0.4, 0.5) is 10.5 Å². The highest BCUT2D eigenvalue weighted by Gasteiger charge is 2.22. The predicted octanol–water partition coefficient (Wildman–Crippen LogP) is 5.26. The van der Waals surface area contributed by atoms with Crippen LogP contribution in [0.15, 0.2) is 67.3 Å². The van der Waals surface area contributed by atoms with E-state index in [2.05, 4.69) is 47.9 Å². The molecule has 3 N–H and O–H groups in total. The maximum absolute atomic E-state index is 13.3. The van der Waals surface area contributed by atoms with Crippen molar-refractivity contribution in [3.8, 4) is 16.9 Å². The first-order chi connectivity index (χ1) is 21.3. The number of aryl methyl sites for hydroxylation is 1. The molecule has 1 atom stereocenters. The molecule has 0 bridgehead atoms. The van der Waals surface area contributed by atoms with Crippen molar-refractivity contribution < 1.29 is 14.3 Å². The Hall–Kier alpha value is -5.01. The molecule has 3 heterocycles. The molecule has 5 aromatic rings. The average molecular weight is 636 g/mol. The molecule has 0 saturated carbocycles. The van der Waals surface area contributed by atoms with E-state index in [0.717, 1.165) is 18.5 Å². The number of amides is 2. The number of nitrogens with one attached hydrogen (secondary N) is 3. The number of rotatable bonds is 11. The molecule has 15 heteroatoms. The number of anilines is 1. The van der Waals surface area contributed by atoms with Gasteiger partial charge in [0.25, 0.3) is 0 Å². The number of tetrazole rings is 1. The summed E-state index contributed by atoms with van der Waals surface area (Å²) in [5.41, 5.74) is 3.97. The number of carbonyl (C=O) groups excluding carboxylic acids is 2. The van der Waals surface area contributed by atoms with Crippen LogP contribution < -0.4 is 10.6 Å². The normalized spacial score (nSPS) is 11.9. The van der Waals surface area contributed by atoms with E-state index >= 15 is 0 Å². The van der Waals surface area contributed by atoms with Crippen LogP contribution in [-0.2, 0) is 22.5 Å². The maximum Gasteiger partial charge on any atom is 0.411 e. The van der Waals surface area contributed by atoms with Crippen LogP contribution in [0.25, 0.3) is 23.0 Å². The van der Waals surface area contributed by atoms with E-state index in [1.54, 1.807) is 54.7 Å². The number of nitrogens with zero attached hydrogens (tertiary/aromatic N) is 7. The molecule has 2 aromatic carbocycles. The first-order valence-corrected chi connectivity index (χ1v) is 14.3. The van der Waals surface area contributed by atoms with E-state index in [4.69, 9.17) is 28.2 Å². The Morgan fingerprint density at radius 3 is 2.70 bits per heavy atom. The van der Waals surface area contributed by atoms with Gasteiger partial charge in [-0.2, -0.15) is 9.78 Å². The number of benzene rings is 2. The number of methoxy groups -OCH3 is 1. The zero-order valence-electron chi connectivity index (χ0n) is 23.7. The number of H-pyrrole nitrogens is 1. The lowest BCUT2D eigenvalue weighted by Crippen LogP contribution is -2.29. The molecular weight excluding hydrogens is 607 g/mol. The van der Waals surface area contributed by atoms with Crippen LogP contribution in [0.5, 0.6) is 0 Å². The van der Waals surface area contributed by atoms with Crippen molar-refractivity contribution >= 4 is 47.0 Å². The number of carbonyl (C=O) groups is 2. The van der Waals surface area contributed by atoms with Crippen LogP contribution in [0.2, 0.25) is 10.2 Å². The van der Waals surface area contributed by atoms with E-state index in [0.29, 0.717) is 50.6 Å².